The van der Waals surface area contributed by atoms with Crippen LogP contribution in [0.4, 0.5) is 14.5 Å². The Balaban J connectivity index is 1.38. The van der Waals surface area contributed by atoms with Crippen molar-refractivity contribution >= 4 is 11.6 Å². The van der Waals surface area contributed by atoms with Crippen LogP contribution < -0.4 is 4.90 Å². The van der Waals surface area contributed by atoms with Crippen LogP contribution in [0.2, 0.25) is 0 Å². The van der Waals surface area contributed by atoms with Crippen molar-refractivity contribution in [1.82, 2.24) is 4.90 Å². The zero-order valence-corrected chi connectivity index (χ0v) is 13.6. The summed E-state index contributed by atoms with van der Waals surface area (Å²) in [4.78, 5) is 16.5. The molecule has 1 aromatic rings. The summed E-state index contributed by atoms with van der Waals surface area (Å²) in [6, 6.07) is 7.59. The minimum atomic E-state index is -2.51. The van der Waals surface area contributed by atoms with Crippen molar-refractivity contribution in [1.29, 1.82) is 0 Å². The highest BCUT2D eigenvalue weighted by Crippen LogP contribution is 2.65. The van der Waals surface area contributed by atoms with Gasteiger partial charge in [0.15, 0.2) is 0 Å². The number of nitrogens with zero attached hydrogens (tertiary/aromatic N) is 2. The highest BCUT2D eigenvalue weighted by atomic mass is 19.3. The quantitative estimate of drug-likeness (QED) is 0.833. The first-order valence-corrected chi connectivity index (χ1v) is 8.61. The van der Waals surface area contributed by atoms with Crippen LogP contribution in [-0.4, -0.2) is 56.1 Å². The molecule has 4 nitrogen and oxygen atoms in total. The van der Waals surface area contributed by atoms with E-state index in [9.17, 15) is 13.6 Å². The van der Waals surface area contributed by atoms with Gasteiger partial charge in [0.25, 0.3) is 11.8 Å². The summed E-state index contributed by atoms with van der Waals surface area (Å²) < 4.78 is 32.2. The highest BCUT2D eigenvalue weighted by Gasteiger charge is 2.70. The third-order valence-corrected chi connectivity index (χ3v) is 5.71. The van der Waals surface area contributed by atoms with Crippen molar-refractivity contribution < 1.29 is 18.3 Å². The maximum Gasteiger partial charge on any atom is 0.254 e. The Hall–Kier alpha value is -1.69. The molecule has 3 fully saturated rings. The summed E-state index contributed by atoms with van der Waals surface area (Å²) in [7, 11) is 0. The number of piperidine rings is 1. The molecule has 0 atom stereocenters. The lowest BCUT2D eigenvalue weighted by Gasteiger charge is -2.32. The zero-order chi connectivity index (χ0) is 16.8. The molecule has 1 aromatic carbocycles. The number of halogens is 2. The Bertz CT molecular complexity index is 618. The van der Waals surface area contributed by atoms with Crippen LogP contribution in [-0.2, 0) is 4.74 Å². The van der Waals surface area contributed by atoms with E-state index in [-0.39, 0.29) is 12.3 Å². The molecule has 2 saturated heterocycles. The predicted octanol–water partition coefficient (Wildman–Crippen LogP) is 2.78. The van der Waals surface area contributed by atoms with E-state index >= 15 is 0 Å². The van der Waals surface area contributed by atoms with Crippen LogP contribution in [0.5, 0.6) is 0 Å². The summed E-state index contributed by atoms with van der Waals surface area (Å²) in [6.07, 6.45) is 0.825. The van der Waals surface area contributed by atoms with E-state index in [1.807, 2.05) is 24.3 Å². The van der Waals surface area contributed by atoms with Crippen LogP contribution >= 0.6 is 0 Å². The third kappa shape index (κ3) is 2.66. The maximum atomic E-state index is 13.4. The number of alkyl halides is 2. The highest BCUT2D eigenvalue weighted by molar-refractivity contribution is 5.94. The molecule has 2 heterocycles. The van der Waals surface area contributed by atoms with Crippen molar-refractivity contribution in [3.05, 3.63) is 29.8 Å². The minimum absolute atomic E-state index is 0.00369. The molecule has 0 bridgehead atoms. The van der Waals surface area contributed by atoms with Crippen LogP contribution in [0, 0.1) is 5.41 Å². The summed E-state index contributed by atoms with van der Waals surface area (Å²) in [6.45, 7) is 4.02. The molecule has 0 aromatic heterocycles. The van der Waals surface area contributed by atoms with E-state index < -0.39 is 11.3 Å². The summed E-state index contributed by atoms with van der Waals surface area (Å²) in [5.41, 5.74) is 0.903. The number of rotatable bonds is 2. The molecule has 1 amide bonds. The molecule has 1 spiro atoms. The molecule has 3 aliphatic rings. The van der Waals surface area contributed by atoms with E-state index in [0.29, 0.717) is 31.5 Å². The number of hydrogen-bond donors (Lipinski definition) is 0. The standard InChI is InChI=1S/C18H22F2N2O2/c19-18(20)13-17(18)5-7-22(8-6-17)16(23)14-1-3-15(4-2-14)21-9-11-24-12-10-21/h1-4H,5-13H2. The number of benzene rings is 1. The van der Waals surface area contributed by atoms with Gasteiger partial charge in [-0.05, 0) is 37.1 Å². The average Bonchev–Trinajstić information content (AvgIpc) is 3.15. The fourth-order valence-electron chi connectivity index (χ4n) is 3.88. The molecule has 0 radical (unpaired) electrons. The third-order valence-electron chi connectivity index (χ3n) is 5.71. The Morgan fingerprint density at radius 3 is 2.12 bits per heavy atom. The molecule has 0 unspecified atom stereocenters. The fourth-order valence-corrected chi connectivity index (χ4v) is 3.88. The first-order valence-electron chi connectivity index (χ1n) is 8.61. The average molecular weight is 336 g/mol. The Labute approximate surface area is 140 Å². The molecule has 0 N–H and O–H groups in total. The second-order valence-corrected chi connectivity index (χ2v) is 7.10. The lowest BCUT2D eigenvalue weighted by atomic mass is 9.92. The number of carbonyl (C=O) groups excluding carboxylic acids is 1. The van der Waals surface area contributed by atoms with Crippen LogP contribution in [0.15, 0.2) is 24.3 Å². The number of ether oxygens (including phenoxy) is 1. The van der Waals surface area contributed by atoms with E-state index in [2.05, 4.69) is 4.90 Å². The van der Waals surface area contributed by atoms with Crippen molar-refractivity contribution in [3.63, 3.8) is 0 Å². The SMILES string of the molecule is O=C(c1ccc(N2CCOCC2)cc1)N1CCC2(CC1)CC2(F)F. The van der Waals surface area contributed by atoms with Crippen molar-refractivity contribution in [2.45, 2.75) is 25.2 Å². The molecule has 24 heavy (non-hydrogen) atoms. The van der Waals surface area contributed by atoms with Gasteiger partial charge in [-0.25, -0.2) is 8.78 Å². The normalized spacial score (nSPS) is 24.9. The van der Waals surface area contributed by atoms with Crippen LogP contribution in [0.25, 0.3) is 0 Å². The molecular formula is C18H22F2N2O2. The number of hydrogen-bond acceptors (Lipinski definition) is 3. The summed E-state index contributed by atoms with van der Waals surface area (Å²) in [5.74, 6) is -2.57. The summed E-state index contributed by atoms with van der Waals surface area (Å²) >= 11 is 0. The van der Waals surface area contributed by atoms with Crippen LogP contribution in [0.3, 0.4) is 0 Å². The van der Waals surface area contributed by atoms with E-state index in [0.717, 1.165) is 32.0 Å². The molecular weight excluding hydrogens is 314 g/mol. The molecule has 6 heteroatoms. The largest absolute Gasteiger partial charge is 0.378 e. The van der Waals surface area contributed by atoms with Gasteiger partial charge < -0.3 is 14.5 Å². The maximum absolute atomic E-state index is 13.4. The molecule has 130 valence electrons. The number of amides is 1. The summed E-state index contributed by atoms with van der Waals surface area (Å²) in [5, 5.41) is 0. The lowest BCUT2D eigenvalue weighted by molar-refractivity contribution is 0.0284. The Morgan fingerprint density at radius 2 is 1.58 bits per heavy atom. The van der Waals surface area contributed by atoms with Crippen LogP contribution in [0.1, 0.15) is 29.6 Å². The first kappa shape index (κ1) is 15.8. The zero-order valence-electron chi connectivity index (χ0n) is 13.6. The van der Waals surface area contributed by atoms with E-state index in [1.165, 1.54) is 0 Å². The van der Waals surface area contributed by atoms with Gasteiger partial charge in [-0.15, -0.1) is 0 Å². The van der Waals surface area contributed by atoms with Gasteiger partial charge in [-0.3, -0.25) is 4.79 Å². The van der Waals surface area contributed by atoms with E-state index in [4.69, 9.17) is 4.74 Å². The second kappa shape index (κ2) is 5.69. The van der Waals surface area contributed by atoms with Gasteiger partial charge in [-0.2, -0.15) is 0 Å². The van der Waals surface area contributed by atoms with Gasteiger partial charge >= 0.3 is 0 Å². The second-order valence-electron chi connectivity index (χ2n) is 7.10. The Kier molecular flexibility index (Phi) is 3.75. The van der Waals surface area contributed by atoms with Gasteiger partial charge in [0.1, 0.15) is 0 Å². The molecule has 1 aliphatic carbocycles. The Morgan fingerprint density at radius 1 is 1.00 bits per heavy atom. The van der Waals surface area contributed by atoms with Gasteiger partial charge in [-0.1, -0.05) is 0 Å². The van der Waals surface area contributed by atoms with Crippen molar-refractivity contribution in [2.24, 2.45) is 5.41 Å². The van der Waals surface area contributed by atoms with Gasteiger partial charge in [0, 0.05) is 49.3 Å². The van der Waals surface area contributed by atoms with Gasteiger partial charge in [0.05, 0.1) is 13.2 Å². The minimum Gasteiger partial charge on any atom is -0.378 e. The predicted molar refractivity (Wildman–Crippen MR) is 86.6 cm³/mol. The number of carbonyl (C=O) groups is 1. The first-order chi connectivity index (χ1) is 11.5. The van der Waals surface area contributed by atoms with Gasteiger partial charge in [0.2, 0.25) is 0 Å². The van der Waals surface area contributed by atoms with Crippen molar-refractivity contribution in [2.75, 3.05) is 44.3 Å². The monoisotopic (exact) mass is 336 g/mol. The smallest absolute Gasteiger partial charge is 0.254 e. The number of morpholine rings is 1. The molecule has 2 aliphatic heterocycles. The van der Waals surface area contributed by atoms with E-state index in [1.54, 1.807) is 4.90 Å². The molecule has 4 rings (SSSR count). The fraction of sp³-hybridized carbons (Fsp3) is 0.611. The topological polar surface area (TPSA) is 32.8 Å². The number of likely N-dealkylation sites (tertiary alicyclic amines) is 1. The molecule has 1 saturated carbocycles. The number of anilines is 1. The lowest BCUT2D eigenvalue weighted by Crippen LogP contribution is -2.40. The van der Waals surface area contributed by atoms with Crippen molar-refractivity contribution in [3.8, 4) is 0 Å².